The molecule has 2 aromatic rings. The van der Waals surface area contributed by atoms with E-state index in [0.717, 1.165) is 24.1 Å². The van der Waals surface area contributed by atoms with Gasteiger partial charge in [0.25, 0.3) is 5.91 Å². The molecule has 5 rings (SSSR count). The summed E-state index contributed by atoms with van der Waals surface area (Å²) in [5.41, 5.74) is 3.34. The van der Waals surface area contributed by atoms with Crippen molar-refractivity contribution in [1.82, 2.24) is 5.32 Å². The van der Waals surface area contributed by atoms with E-state index in [2.05, 4.69) is 10.6 Å². The quantitative estimate of drug-likeness (QED) is 0.483. The van der Waals surface area contributed by atoms with Crippen LogP contribution >= 0.6 is 0 Å². The number of rotatable bonds is 9. The summed E-state index contributed by atoms with van der Waals surface area (Å²) in [5.74, 6) is -3.37. The molecular weight excluding hydrogens is 509 g/mol. The van der Waals surface area contributed by atoms with Crippen LogP contribution < -0.4 is 15.5 Å². The molecule has 0 saturated heterocycles. The number of alkyl halides is 3. The third-order valence-electron chi connectivity index (χ3n) is 7.66. The van der Waals surface area contributed by atoms with Gasteiger partial charge in [-0.2, -0.15) is 13.2 Å². The standard InChI is InChI=1S/C29H31F3N4O3/c1-17(37)22(16-18-10-11-18)20(12-13-29(30,31)32)27(38)35-26-28(39)36-15-14-33-23-9-5-8-21(25(23)36)24(34-26)19-6-3-2-4-7-19/h2-9,18,20,22,26,33H,10-16H2,1H3,(H,35,38)/t20-,22-,26-/m1/s1. The highest BCUT2D eigenvalue weighted by molar-refractivity contribution is 6.22. The molecule has 0 bridgehead atoms. The zero-order valence-electron chi connectivity index (χ0n) is 21.6. The average Bonchev–Trinajstić information content (AvgIpc) is 3.74. The second kappa shape index (κ2) is 10.8. The van der Waals surface area contributed by atoms with Crippen molar-refractivity contribution in [2.75, 3.05) is 23.3 Å². The highest BCUT2D eigenvalue weighted by atomic mass is 19.4. The molecule has 2 heterocycles. The molecule has 2 N–H and O–H groups in total. The summed E-state index contributed by atoms with van der Waals surface area (Å²) in [6.07, 6.45) is -5.39. The molecule has 1 fully saturated rings. The number of anilines is 2. The van der Waals surface area contributed by atoms with Crippen LogP contribution in [0.2, 0.25) is 0 Å². The van der Waals surface area contributed by atoms with Crippen LogP contribution in [-0.4, -0.2) is 48.7 Å². The Kier molecular flexibility index (Phi) is 7.46. The van der Waals surface area contributed by atoms with E-state index in [1.54, 1.807) is 4.90 Å². The van der Waals surface area contributed by atoms with Crippen LogP contribution in [0.4, 0.5) is 24.5 Å². The first-order valence-electron chi connectivity index (χ1n) is 13.3. The number of ketones is 1. The maximum Gasteiger partial charge on any atom is 0.389 e. The number of nitrogens with zero attached hydrogens (tertiary/aromatic N) is 2. The van der Waals surface area contributed by atoms with Crippen molar-refractivity contribution >= 4 is 34.7 Å². The molecule has 2 aromatic carbocycles. The molecule has 10 heteroatoms. The van der Waals surface area contributed by atoms with Crippen molar-refractivity contribution in [1.29, 1.82) is 0 Å². The molecule has 206 valence electrons. The predicted octanol–water partition coefficient (Wildman–Crippen LogP) is 4.70. The first kappa shape index (κ1) is 26.9. The van der Waals surface area contributed by atoms with E-state index < -0.39 is 48.8 Å². The van der Waals surface area contributed by atoms with Gasteiger partial charge in [0.05, 0.1) is 17.1 Å². The lowest BCUT2D eigenvalue weighted by Gasteiger charge is -2.32. The number of hydrogen-bond acceptors (Lipinski definition) is 5. The Morgan fingerprint density at radius 1 is 1.10 bits per heavy atom. The molecule has 0 radical (unpaired) electrons. The number of benzene rings is 2. The predicted molar refractivity (Wildman–Crippen MR) is 142 cm³/mol. The Labute approximate surface area is 224 Å². The Hall–Kier alpha value is -3.69. The largest absolute Gasteiger partial charge is 0.389 e. The molecule has 0 spiro atoms. The van der Waals surface area contributed by atoms with Crippen molar-refractivity contribution in [3.63, 3.8) is 0 Å². The third kappa shape index (κ3) is 5.99. The number of halogens is 3. The maximum atomic E-state index is 13.8. The fourth-order valence-corrected chi connectivity index (χ4v) is 5.53. The number of carbonyl (C=O) groups is 3. The van der Waals surface area contributed by atoms with Gasteiger partial charge in [0.1, 0.15) is 5.78 Å². The zero-order chi connectivity index (χ0) is 27.7. The van der Waals surface area contributed by atoms with Gasteiger partial charge in [-0.15, -0.1) is 0 Å². The number of nitrogens with one attached hydrogen (secondary N) is 2. The molecule has 0 unspecified atom stereocenters. The Bertz CT molecular complexity index is 1290. The number of amides is 2. The van der Waals surface area contributed by atoms with Gasteiger partial charge in [-0.25, -0.2) is 4.99 Å². The number of carbonyl (C=O) groups excluding carboxylic acids is 3. The minimum Gasteiger partial charge on any atom is -0.382 e. The summed E-state index contributed by atoms with van der Waals surface area (Å²) in [6.45, 7) is 2.15. The van der Waals surface area contributed by atoms with Gasteiger partial charge in [-0.1, -0.05) is 55.3 Å². The first-order chi connectivity index (χ1) is 18.6. The molecule has 2 aliphatic heterocycles. The van der Waals surface area contributed by atoms with Crippen LogP contribution in [0.15, 0.2) is 53.5 Å². The minimum absolute atomic E-state index is 0.232. The molecule has 39 heavy (non-hydrogen) atoms. The van der Waals surface area contributed by atoms with Crippen LogP contribution in [0.1, 0.15) is 50.2 Å². The Balaban J connectivity index is 1.51. The van der Waals surface area contributed by atoms with Crippen LogP contribution in [0.25, 0.3) is 0 Å². The van der Waals surface area contributed by atoms with Crippen molar-refractivity contribution in [3.8, 4) is 0 Å². The highest BCUT2D eigenvalue weighted by Gasteiger charge is 2.42. The summed E-state index contributed by atoms with van der Waals surface area (Å²) >= 11 is 0. The number of hydrogen-bond donors (Lipinski definition) is 2. The van der Waals surface area contributed by atoms with E-state index in [9.17, 15) is 27.6 Å². The second-order valence-electron chi connectivity index (χ2n) is 10.5. The molecule has 3 aliphatic rings. The molecule has 7 nitrogen and oxygen atoms in total. The van der Waals surface area contributed by atoms with E-state index in [1.165, 1.54) is 6.92 Å². The lowest BCUT2D eigenvalue weighted by Crippen LogP contribution is -2.52. The molecule has 1 saturated carbocycles. The van der Waals surface area contributed by atoms with Gasteiger partial charge in [0, 0.05) is 42.5 Å². The summed E-state index contributed by atoms with van der Waals surface area (Å²) in [5, 5.41) is 5.96. The third-order valence-corrected chi connectivity index (χ3v) is 7.66. The zero-order valence-corrected chi connectivity index (χ0v) is 21.6. The number of Topliss-reactive ketones (excluding diaryl/α,β-unsaturated/α-hetero) is 1. The molecule has 0 aromatic heterocycles. The van der Waals surface area contributed by atoms with E-state index >= 15 is 0 Å². The molecular formula is C29H31F3N4O3. The lowest BCUT2D eigenvalue weighted by molar-refractivity contribution is -0.146. The Morgan fingerprint density at radius 2 is 1.85 bits per heavy atom. The van der Waals surface area contributed by atoms with Crippen LogP contribution in [0, 0.1) is 17.8 Å². The number of aliphatic imine (C=N–C) groups is 1. The average molecular weight is 541 g/mol. The summed E-state index contributed by atoms with van der Waals surface area (Å²) in [6, 6.07) is 14.8. The van der Waals surface area contributed by atoms with Gasteiger partial charge >= 0.3 is 6.18 Å². The normalized spacial score (nSPS) is 20.2. The highest BCUT2D eigenvalue weighted by Crippen LogP contribution is 2.40. The molecule has 3 atom stereocenters. The monoisotopic (exact) mass is 540 g/mol. The lowest BCUT2D eigenvalue weighted by atomic mass is 9.81. The fourth-order valence-electron chi connectivity index (χ4n) is 5.53. The van der Waals surface area contributed by atoms with Gasteiger partial charge < -0.3 is 15.5 Å². The van der Waals surface area contributed by atoms with E-state index in [1.807, 2.05) is 48.5 Å². The minimum atomic E-state index is -4.48. The van der Waals surface area contributed by atoms with Crippen molar-refractivity contribution in [2.24, 2.45) is 22.7 Å². The SMILES string of the molecule is CC(=O)[C@@H](CC1CC1)[C@@H](CCC(F)(F)F)C(=O)N[C@H]1N=C(c2ccccc2)c2cccc3c2N(CCN3)C1=O. The summed E-state index contributed by atoms with van der Waals surface area (Å²) in [7, 11) is 0. The van der Waals surface area contributed by atoms with E-state index in [0.29, 0.717) is 36.5 Å². The summed E-state index contributed by atoms with van der Waals surface area (Å²) in [4.78, 5) is 46.3. The van der Waals surface area contributed by atoms with Gasteiger partial charge in [-0.05, 0) is 31.7 Å². The van der Waals surface area contributed by atoms with Gasteiger partial charge in [-0.3, -0.25) is 14.4 Å². The van der Waals surface area contributed by atoms with E-state index in [4.69, 9.17) is 4.99 Å². The van der Waals surface area contributed by atoms with Gasteiger partial charge in [0.2, 0.25) is 12.1 Å². The van der Waals surface area contributed by atoms with Crippen LogP contribution in [0.3, 0.4) is 0 Å². The van der Waals surface area contributed by atoms with E-state index in [-0.39, 0.29) is 11.7 Å². The van der Waals surface area contributed by atoms with Crippen molar-refractivity contribution in [3.05, 3.63) is 59.7 Å². The molecule has 1 aliphatic carbocycles. The van der Waals surface area contributed by atoms with Crippen LogP contribution in [0.5, 0.6) is 0 Å². The smallest absolute Gasteiger partial charge is 0.382 e. The van der Waals surface area contributed by atoms with Gasteiger partial charge in [0.15, 0.2) is 0 Å². The fraction of sp³-hybridized carbons (Fsp3) is 0.448. The summed E-state index contributed by atoms with van der Waals surface area (Å²) < 4.78 is 39.7. The maximum absolute atomic E-state index is 13.8. The molecule has 2 amide bonds. The number of para-hydroxylation sites is 1. The second-order valence-corrected chi connectivity index (χ2v) is 10.5. The van der Waals surface area contributed by atoms with Crippen molar-refractivity contribution < 1.29 is 27.6 Å². The van der Waals surface area contributed by atoms with Crippen molar-refractivity contribution in [2.45, 2.75) is 51.4 Å². The Morgan fingerprint density at radius 3 is 2.51 bits per heavy atom. The topological polar surface area (TPSA) is 90.9 Å². The first-order valence-corrected chi connectivity index (χ1v) is 13.3. The van der Waals surface area contributed by atoms with Crippen LogP contribution in [-0.2, 0) is 14.4 Å².